The van der Waals surface area contributed by atoms with Crippen molar-refractivity contribution < 1.29 is 4.79 Å². The summed E-state index contributed by atoms with van der Waals surface area (Å²) in [5, 5.41) is 2.93. The quantitative estimate of drug-likeness (QED) is 0.722. The van der Waals surface area contributed by atoms with Crippen LogP contribution in [-0.2, 0) is 0 Å². The fourth-order valence-corrected chi connectivity index (χ4v) is 0.940. The average molecular weight is 214 g/mol. The van der Waals surface area contributed by atoms with Crippen molar-refractivity contribution in [1.29, 1.82) is 0 Å². The molecule has 1 heterocycles. The molecule has 0 radical (unpaired) electrons. The van der Waals surface area contributed by atoms with Crippen LogP contribution in [-0.4, -0.2) is 21.4 Å². The van der Waals surface area contributed by atoms with E-state index in [-0.39, 0.29) is 16.7 Å². The Balaban J connectivity index is 2.76. The molecule has 1 aromatic heterocycles. The van der Waals surface area contributed by atoms with E-state index >= 15 is 0 Å². The lowest BCUT2D eigenvalue weighted by atomic mass is 10.1. The number of hydrogen-bond donors (Lipinski definition) is 1. The maximum atomic E-state index is 11.5. The monoisotopic (exact) mass is 213 g/mol. The van der Waals surface area contributed by atoms with Gasteiger partial charge in [0.1, 0.15) is 0 Å². The Morgan fingerprint density at radius 2 is 1.86 bits per heavy atom. The van der Waals surface area contributed by atoms with E-state index in [1.165, 1.54) is 12.4 Å². The SMILES string of the molecule is CC(C)(C)NC(=O)c1cnc(Cl)nc1. The molecule has 0 bridgehead atoms. The van der Waals surface area contributed by atoms with Crippen molar-refractivity contribution in [2.45, 2.75) is 26.3 Å². The fourth-order valence-electron chi connectivity index (χ4n) is 0.842. The van der Waals surface area contributed by atoms with Gasteiger partial charge in [0.05, 0.1) is 5.56 Å². The van der Waals surface area contributed by atoms with Gasteiger partial charge in [0.25, 0.3) is 5.91 Å². The van der Waals surface area contributed by atoms with Gasteiger partial charge in [-0.1, -0.05) is 0 Å². The third kappa shape index (κ3) is 3.30. The number of hydrogen-bond acceptors (Lipinski definition) is 3. The van der Waals surface area contributed by atoms with E-state index in [1.54, 1.807) is 0 Å². The molecule has 0 aliphatic rings. The summed E-state index contributed by atoms with van der Waals surface area (Å²) in [6, 6.07) is 0. The van der Waals surface area contributed by atoms with E-state index < -0.39 is 0 Å². The minimum absolute atomic E-state index is 0.136. The van der Waals surface area contributed by atoms with E-state index in [4.69, 9.17) is 11.6 Å². The molecule has 0 aliphatic heterocycles. The lowest BCUT2D eigenvalue weighted by molar-refractivity contribution is 0.0919. The highest BCUT2D eigenvalue weighted by Crippen LogP contribution is 2.04. The summed E-state index contributed by atoms with van der Waals surface area (Å²) in [5.41, 5.74) is 0.140. The predicted octanol–water partition coefficient (Wildman–Crippen LogP) is 1.66. The van der Waals surface area contributed by atoms with E-state index in [2.05, 4.69) is 15.3 Å². The first kappa shape index (κ1) is 10.9. The summed E-state index contributed by atoms with van der Waals surface area (Å²) in [7, 11) is 0. The maximum absolute atomic E-state index is 11.5. The summed E-state index contributed by atoms with van der Waals surface area (Å²) in [5.74, 6) is -0.200. The maximum Gasteiger partial charge on any atom is 0.254 e. The molecule has 0 spiro atoms. The van der Waals surface area contributed by atoms with Gasteiger partial charge in [-0.25, -0.2) is 9.97 Å². The predicted molar refractivity (Wildman–Crippen MR) is 54.3 cm³/mol. The van der Waals surface area contributed by atoms with Gasteiger partial charge in [0, 0.05) is 17.9 Å². The molecular weight excluding hydrogens is 202 g/mol. The zero-order valence-corrected chi connectivity index (χ0v) is 9.09. The summed E-state index contributed by atoms with van der Waals surface area (Å²) < 4.78 is 0. The Morgan fingerprint density at radius 1 is 1.36 bits per heavy atom. The largest absolute Gasteiger partial charge is 0.347 e. The van der Waals surface area contributed by atoms with Crippen LogP contribution in [0.2, 0.25) is 5.28 Å². The van der Waals surface area contributed by atoms with Crippen molar-refractivity contribution >= 4 is 17.5 Å². The molecule has 0 fully saturated rings. The highest BCUT2D eigenvalue weighted by atomic mass is 35.5. The molecule has 0 unspecified atom stereocenters. The first-order chi connectivity index (χ1) is 6.38. The van der Waals surface area contributed by atoms with Crippen LogP contribution in [0.1, 0.15) is 31.1 Å². The van der Waals surface area contributed by atoms with Crippen LogP contribution >= 0.6 is 11.6 Å². The van der Waals surface area contributed by atoms with Gasteiger partial charge in [-0.2, -0.15) is 0 Å². The molecule has 0 atom stereocenters. The van der Waals surface area contributed by atoms with Crippen LogP contribution in [0.4, 0.5) is 0 Å². The second kappa shape index (κ2) is 3.92. The minimum Gasteiger partial charge on any atom is -0.347 e. The Bertz CT molecular complexity index is 329. The van der Waals surface area contributed by atoms with Crippen LogP contribution in [0, 0.1) is 0 Å². The van der Waals surface area contributed by atoms with Crippen molar-refractivity contribution in [3.63, 3.8) is 0 Å². The van der Waals surface area contributed by atoms with E-state index in [9.17, 15) is 4.79 Å². The van der Waals surface area contributed by atoms with Crippen molar-refractivity contribution in [2.24, 2.45) is 0 Å². The van der Waals surface area contributed by atoms with Crippen LogP contribution in [0.25, 0.3) is 0 Å². The third-order valence-electron chi connectivity index (χ3n) is 1.37. The molecule has 0 aliphatic carbocycles. The summed E-state index contributed by atoms with van der Waals surface area (Å²) in [6.45, 7) is 5.71. The molecule has 1 N–H and O–H groups in total. The van der Waals surface area contributed by atoms with Crippen LogP contribution in [0.15, 0.2) is 12.4 Å². The molecular formula is C9H12ClN3O. The Kier molecular flexibility index (Phi) is 3.06. The summed E-state index contributed by atoms with van der Waals surface area (Å²) in [4.78, 5) is 19.0. The summed E-state index contributed by atoms with van der Waals surface area (Å²) >= 11 is 5.50. The van der Waals surface area contributed by atoms with Crippen LogP contribution in [0.5, 0.6) is 0 Å². The molecule has 1 aromatic rings. The van der Waals surface area contributed by atoms with Gasteiger partial charge in [0.2, 0.25) is 5.28 Å². The smallest absolute Gasteiger partial charge is 0.254 e. The lowest BCUT2D eigenvalue weighted by Gasteiger charge is -2.20. The van der Waals surface area contributed by atoms with Gasteiger partial charge in [-0.3, -0.25) is 4.79 Å². The van der Waals surface area contributed by atoms with E-state index in [0.29, 0.717) is 5.56 Å². The third-order valence-corrected chi connectivity index (χ3v) is 1.57. The average Bonchev–Trinajstić information content (AvgIpc) is 2.02. The molecule has 0 aromatic carbocycles. The lowest BCUT2D eigenvalue weighted by Crippen LogP contribution is -2.40. The summed E-state index contributed by atoms with van der Waals surface area (Å²) in [6.07, 6.45) is 2.80. The highest BCUT2D eigenvalue weighted by molar-refractivity contribution is 6.28. The molecule has 0 saturated carbocycles. The Labute approximate surface area is 87.7 Å². The van der Waals surface area contributed by atoms with Gasteiger partial charge >= 0.3 is 0 Å². The first-order valence-corrected chi connectivity index (χ1v) is 4.56. The minimum atomic E-state index is -0.267. The van der Waals surface area contributed by atoms with Crippen molar-refractivity contribution in [3.05, 3.63) is 23.2 Å². The zero-order valence-electron chi connectivity index (χ0n) is 8.34. The molecule has 5 heteroatoms. The fraction of sp³-hybridized carbons (Fsp3) is 0.444. The van der Waals surface area contributed by atoms with Crippen LogP contribution < -0.4 is 5.32 Å². The van der Waals surface area contributed by atoms with E-state index in [0.717, 1.165) is 0 Å². The number of carbonyl (C=O) groups is 1. The molecule has 0 saturated heterocycles. The molecule has 14 heavy (non-hydrogen) atoms. The second-order valence-corrected chi connectivity index (χ2v) is 4.28. The molecule has 1 rings (SSSR count). The van der Waals surface area contributed by atoms with E-state index in [1.807, 2.05) is 20.8 Å². The number of halogens is 1. The number of nitrogens with one attached hydrogen (secondary N) is 1. The van der Waals surface area contributed by atoms with Crippen molar-refractivity contribution in [1.82, 2.24) is 15.3 Å². The number of rotatable bonds is 1. The Hall–Kier alpha value is -1.16. The van der Waals surface area contributed by atoms with Gasteiger partial charge in [0.15, 0.2) is 0 Å². The number of carbonyl (C=O) groups excluding carboxylic acids is 1. The van der Waals surface area contributed by atoms with Gasteiger partial charge < -0.3 is 5.32 Å². The normalized spacial score (nSPS) is 11.1. The molecule has 76 valence electrons. The van der Waals surface area contributed by atoms with Gasteiger partial charge in [-0.05, 0) is 32.4 Å². The highest BCUT2D eigenvalue weighted by Gasteiger charge is 2.15. The Morgan fingerprint density at radius 3 is 2.29 bits per heavy atom. The first-order valence-electron chi connectivity index (χ1n) is 4.18. The van der Waals surface area contributed by atoms with Crippen LogP contribution in [0.3, 0.4) is 0 Å². The number of amides is 1. The van der Waals surface area contributed by atoms with Crippen molar-refractivity contribution in [3.8, 4) is 0 Å². The van der Waals surface area contributed by atoms with Crippen molar-refractivity contribution in [2.75, 3.05) is 0 Å². The number of nitrogens with zero attached hydrogens (tertiary/aromatic N) is 2. The molecule has 4 nitrogen and oxygen atoms in total. The number of aromatic nitrogens is 2. The molecule has 1 amide bonds. The second-order valence-electron chi connectivity index (χ2n) is 3.94. The topological polar surface area (TPSA) is 54.9 Å². The standard InChI is InChI=1S/C9H12ClN3O/c1-9(2,3)13-7(14)6-4-11-8(10)12-5-6/h4-5H,1-3H3,(H,13,14). The zero-order chi connectivity index (χ0) is 10.8. The van der Waals surface area contributed by atoms with Gasteiger partial charge in [-0.15, -0.1) is 0 Å².